The molecule has 3 atom stereocenters. The van der Waals surface area contributed by atoms with E-state index in [9.17, 15) is 19.2 Å². The molecule has 0 N–H and O–H groups in total. The van der Waals surface area contributed by atoms with Gasteiger partial charge in [-0.25, -0.2) is 14.4 Å². The number of ether oxygens (including phenoxy) is 4. The fraction of sp³-hybridized carbons (Fsp3) is 0.655. The first-order valence-corrected chi connectivity index (χ1v) is 13.0. The smallest absolute Gasteiger partial charge is 0.331 e. The number of carbonyl (C=O) groups is 4. The Bertz CT molecular complexity index is 774. The third kappa shape index (κ3) is 11.8. The van der Waals surface area contributed by atoms with Crippen molar-refractivity contribution in [2.24, 2.45) is 16.7 Å². The minimum atomic E-state index is -0.499. The van der Waals surface area contributed by atoms with Gasteiger partial charge < -0.3 is 18.9 Å². The largest absolute Gasteiger partial charge is 0.463 e. The molecule has 0 saturated heterocycles. The second-order valence-corrected chi connectivity index (χ2v) is 9.89. The number of unbranched alkanes of at least 4 members (excludes halogenated alkanes) is 2. The fourth-order valence-electron chi connectivity index (χ4n) is 4.48. The second-order valence-electron chi connectivity index (χ2n) is 9.89. The van der Waals surface area contributed by atoms with Gasteiger partial charge in [-0.1, -0.05) is 60.6 Å². The van der Waals surface area contributed by atoms with Gasteiger partial charge >= 0.3 is 23.9 Å². The molecule has 0 aromatic rings. The molecule has 2 saturated carbocycles. The lowest BCUT2D eigenvalue weighted by Crippen LogP contribution is -2.38. The Hall–Kier alpha value is -2.90. The summed E-state index contributed by atoms with van der Waals surface area (Å²) >= 11 is 0. The van der Waals surface area contributed by atoms with Crippen LogP contribution in [0.1, 0.15) is 86.5 Å². The van der Waals surface area contributed by atoms with Crippen LogP contribution in [0.15, 0.2) is 37.6 Å². The van der Waals surface area contributed by atoms with E-state index in [0.717, 1.165) is 50.5 Å². The molecule has 0 unspecified atom stereocenters. The number of rotatable bonds is 11. The van der Waals surface area contributed by atoms with Crippen LogP contribution in [-0.4, -0.2) is 43.2 Å². The van der Waals surface area contributed by atoms with E-state index in [0.29, 0.717) is 24.5 Å². The van der Waals surface area contributed by atoms with Gasteiger partial charge in [0.05, 0.1) is 19.5 Å². The highest BCUT2D eigenvalue weighted by Crippen LogP contribution is 2.66. The minimum absolute atomic E-state index is 0.0942. The molecule has 2 aliphatic carbocycles. The molecule has 0 radical (unpaired) electrons. The van der Waals surface area contributed by atoms with Gasteiger partial charge in [0.15, 0.2) is 0 Å². The Morgan fingerprint density at radius 2 is 1.41 bits per heavy atom. The highest BCUT2D eigenvalue weighted by atomic mass is 16.5. The molecule has 2 bridgehead atoms. The van der Waals surface area contributed by atoms with Crippen molar-refractivity contribution in [3.8, 4) is 0 Å². The molecule has 8 nitrogen and oxygen atoms in total. The summed E-state index contributed by atoms with van der Waals surface area (Å²) in [6.45, 7) is 19.6. The second kappa shape index (κ2) is 17.5. The Kier molecular flexibility index (Phi) is 16.2. The topological polar surface area (TPSA) is 105 Å². The monoisotopic (exact) mass is 522 g/mol. The quantitative estimate of drug-likeness (QED) is 0.109. The van der Waals surface area contributed by atoms with Gasteiger partial charge in [-0.2, -0.15) is 0 Å². The minimum Gasteiger partial charge on any atom is -0.463 e. The summed E-state index contributed by atoms with van der Waals surface area (Å²) in [6.07, 6.45) is 11.8. The van der Waals surface area contributed by atoms with E-state index in [1.165, 1.54) is 25.8 Å². The first-order valence-electron chi connectivity index (χ1n) is 13.0. The lowest BCUT2D eigenvalue weighted by atomic mass is 9.70. The fourth-order valence-corrected chi connectivity index (χ4v) is 4.48. The molecular formula is C29H46O8. The van der Waals surface area contributed by atoms with Crippen molar-refractivity contribution in [2.45, 2.75) is 92.6 Å². The van der Waals surface area contributed by atoms with E-state index < -0.39 is 11.9 Å². The summed E-state index contributed by atoms with van der Waals surface area (Å²) in [5, 5.41) is 0. The van der Waals surface area contributed by atoms with E-state index in [-0.39, 0.29) is 23.5 Å². The summed E-state index contributed by atoms with van der Waals surface area (Å²) in [5.74, 6) is -0.888. The first kappa shape index (κ1) is 34.1. The zero-order chi connectivity index (χ0) is 28.5. The lowest BCUT2D eigenvalue weighted by molar-refractivity contribution is -0.150. The lowest BCUT2D eigenvalue weighted by Gasteiger charge is -2.38. The van der Waals surface area contributed by atoms with Gasteiger partial charge in [-0.3, -0.25) is 4.79 Å². The third-order valence-electron chi connectivity index (χ3n) is 7.23. The van der Waals surface area contributed by atoms with E-state index in [1.807, 2.05) is 13.8 Å². The van der Waals surface area contributed by atoms with Crippen LogP contribution in [0.5, 0.6) is 0 Å². The number of hydrogen-bond acceptors (Lipinski definition) is 8. The predicted molar refractivity (Wildman–Crippen MR) is 142 cm³/mol. The van der Waals surface area contributed by atoms with Gasteiger partial charge in [-0.15, -0.1) is 0 Å². The normalized spacial score (nSPS) is 22.4. The summed E-state index contributed by atoms with van der Waals surface area (Å²) in [5.41, 5.74) is 0.468. The van der Waals surface area contributed by atoms with Crippen LogP contribution in [0, 0.1) is 16.7 Å². The molecule has 0 aromatic carbocycles. The van der Waals surface area contributed by atoms with Gasteiger partial charge in [0.1, 0.15) is 6.10 Å². The molecule has 0 aromatic heterocycles. The molecule has 37 heavy (non-hydrogen) atoms. The van der Waals surface area contributed by atoms with Crippen molar-refractivity contribution in [1.82, 2.24) is 0 Å². The average molecular weight is 523 g/mol. The SMILES string of the molecule is C=CC(=O)O[C@H]1C[C@@H]2CC[C@@]1(C)C2(C)C.C=COC(C)=O.CCCCOC(=O)/C=C\C(=O)OCCCC. The Morgan fingerprint density at radius 3 is 1.70 bits per heavy atom. The molecule has 0 heterocycles. The van der Waals surface area contributed by atoms with Crippen LogP contribution in [0.2, 0.25) is 0 Å². The zero-order valence-electron chi connectivity index (χ0n) is 23.5. The molecule has 210 valence electrons. The Balaban J connectivity index is 0.000000577. The van der Waals surface area contributed by atoms with Gasteiger partial charge in [0.25, 0.3) is 0 Å². The molecule has 2 fully saturated rings. The van der Waals surface area contributed by atoms with Gasteiger partial charge in [0.2, 0.25) is 0 Å². The molecule has 8 heteroatoms. The van der Waals surface area contributed by atoms with Crippen molar-refractivity contribution >= 4 is 23.9 Å². The van der Waals surface area contributed by atoms with Crippen LogP contribution in [-0.2, 0) is 38.1 Å². The van der Waals surface area contributed by atoms with E-state index >= 15 is 0 Å². The zero-order valence-corrected chi connectivity index (χ0v) is 23.5. The van der Waals surface area contributed by atoms with E-state index in [4.69, 9.17) is 14.2 Å². The molecule has 0 spiro atoms. The standard InChI is InChI=1S/C13H20O2.C12H20O4.C4H6O2/c1-5-11(14)15-10-8-9-6-7-13(10,4)12(9,2)3;1-3-5-9-15-11(13)7-8-12(14)16-10-6-4-2;1-3-6-4(2)5/h5,9-10H,1,6-8H2,2-4H3;7-8H,3-6,9-10H2,1-2H3;3H,1H2,2H3/b;8-7-;/t9-,10-,13+;;/m0../s1. The molecule has 0 aliphatic heterocycles. The summed E-state index contributed by atoms with van der Waals surface area (Å²) in [7, 11) is 0. The van der Waals surface area contributed by atoms with Crippen molar-refractivity contribution in [3.63, 3.8) is 0 Å². The number of esters is 4. The highest BCUT2D eigenvalue weighted by molar-refractivity contribution is 5.91. The van der Waals surface area contributed by atoms with E-state index in [1.54, 1.807) is 0 Å². The summed E-state index contributed by atoms with van der Waals surface area (Å²) in [6, 6.07) is 0. The maximum absolute atomic E-state index is 11.3. The Labute approximate surface area is 222 Å². The highest BCUT2D eigenvalue weighted by Gasteiger charge is 2.62. The number of carbonyl (C=O) groups excluding carboxylic acids is 4. The summed E-state index contributed by atoms with van der Waals surface area (Å²) in [4.78, 5) is 43.1. The summed E-state index contributed by atoms with van der Waals surface area (Å²) < 4.78 is 19.3. The van der Waals surface area contributed by atoms with E-state index in [2.05, 4.69) is 38.7 Å². The number of fused-ring (bicyclic) bond motifs is 2. The van der Waals surface area contributed by atoms with Gasteiger partial charge in [0, 0.05) is 30.6 Å². The molecule has 0 amide bonds. The van der Waals surface area contributed by atoms with Crippen LogP contribution in [0.4, 0.5) is 0 Å². The third-order valence-corrected chi connectivity index (χ3v) is 7.23. The molecule has 2 aliphatic rings. The van der Waals surface area contributed by atoms with Crippen LogP contribution >= 0.6 is 0 Å². The van der Waals surface area contributed by atoms with Crippen molar-refractivity contribution in [2.75, 3.05) is 13.2 Å². The van der Waals surface area contributed by atoms with Crippen LogP contribution in [0.25, 0.3) is 0 Å². The number of hydrogen-bond donors (Lipinski definition) is 0. The van der Waals surface area contributed by atoms with Crippen molar-refractivity contribution < 1.29 is 38.1 Å². The van der Waals surface area contributed by atoms with Gasteiger partial charge in [-0.05, 0) is 43.4 Å². The maximum Gasteiger partial charge on any atom is 0.331 e. The molecule has 2 rings (SSSR count). The van der Waals surface area contributed by atoms with Crippen LogP contribution in [0.3, 0.4) is 0 Å². The predicted octanol–water partition coefficient (Wildman–Crippen LogP) is 5.85. The first-order chi connectivity index (χ1) is 17.4. The average Bonchev–Trinajstić information content (AvgIpc) is 3.17. The maximum atomic E-state index is 11.3. The van der Waals surface area contributed by atoms with Crippen LogP contribution < -0.4 is 0 Å². The Morgan fingerprint density at radius 1 is 0.892 bits per heavy atom. The van der Waals surface area contributed by atoms with Crippen molar-refractivity contribution in [1.29, 1.82) is 0 Å². The van der Waals surface area contributed by atoms with Crippen molar-refractivity contribution in [3.05, 3.63) is 37.6 Å². The molecular weight excluding hydrogens is 476 g/mol.